The lowest BCUT2D eigenvalue weighted by atomic mass is 10.2. The van der Waals surface area contributed by atoms with Gasteiger partial charge in [-0.05, 0) is 30.7 Å². The summed E-state index contributed by atoms with van der Waals surface area (Å²) in [6, 6.07) is 14.8. The number of methoxy groups -OCH3 is 1. The molecule has 144 valence electrons. The van der Waals surface area contributed by atoms with E-state index in [0.717, 1.165) is 11.1 Å². The summed E-state index contributed by atoms with van der Waals surface area (Å²) in [5.74, 6) is 1.39. The second kappa shape index (κ2) is 9.36. The van der Waals surface area contributed by atoms with E-state index in [0.29, 0.717) is 23.9 Å². The summed E-state index contributed by atoms with van der Waals surface area (Å²) in [7, 11) is 1.56. The molecule has 0 aliphatic heterocycles. The lowest BCUT2D eigenvalue weighted by Crippen LogP contribution is -2.01. The average Bonchev–Trinajstić information content (AvgIpc) is 3.21. The Morgan fingerprint density at radius 3 is 2.71 bits per heavy atom. The highest BCUT2D eigenvalue weighted by Crippen LogP contribution is 2.28. The molecule has 0 unspecified atom stereocenters. The number of benzene rings is 2. The minimum absolute atomic E-state index is 0.102. The van der Waals surface area contributed by atoms with Crippen LogP contribution < -0.4 is 9.47 Å². The molecule has 28 heavy (non-hydrogen) atoms. The van der Waals surface area contributed by atoms with Crippen LogP contribution >= 0.6 is 0 Å². The summed E-state index contributed by atoms with van der Waals surface area (Å²) < 4.78 is 21.0. The monoisotopic (exact) mass is 380 g/mol. The van der Waals surface area contributed by atoms with Gasteiger partial charge in [0.05, 0.1) is 13.7 Å². The van der Waals surface area contributed by atoms with Crippen LogP contribution in [0.25, 0.3) is 17.5 Å². The Balaban J connectivity index is 1.56. The van der Waals surface area contributed by atoms with E-state index in [1.54, 1.807) is 25.3 Å². The number of esters is 1. The van der Waals surface area contributed by atoms with Crippen LogP contribution in [0.1, 0.15) is 18.4 Å². The first-order chi connectivity index (χ1) is 13.7. The maximum atomic E-state index is 11.9. The fourth-order valence-electron chi connectivity index (χ4n) is 2.43. The zero-order valence-corrected chi connectivity index (χ0v) is 15.6. The highest BCUT2D eigenvalue weighted by molar-refractivity contribution is 5.87. The van der Waals surface area contributed by atoms with E-state index in [9.17, 15) is 4.79 Å². The minimum Gasteiger partial charge on any atom is -0.493 e. The molecule has 7 nitrogen and oxygen atoms in total. The van der Waals surface area contributed by atoms with Crippen molar-refractivity contribution in [2.75, 3.05) is 13.7 Å². The topological polar surface area (TPSA) is 83.7 Å². The highest BCUT2D eigenvalue weighted by Gasteiger charge is 2.10. The minimum atomic E-state index is -0.521. The van der Waals surface area contributed by atoms with Gasteiger partial charge in [-0.1, -0.05) is 41.6 Å². The van der Waals surface area contributed by atoms with Gasteiger partial charge < -0.3 is 18.7 Å². The van der Waals surface area contributed by atoms with Crippen LogP contribution in [0, 0.1) is 0 Å². The van der Waals surface area contributed by atoms with Crippen LogP contribution in [-0.4, -0.2) is 29.8 Å². The molecule has 1 heterocycles. The van der Waals surface area contributed by atoms with Gasteiger partial charge in [0.2, 0.25) is 5.82 Å². The molecule has 0 spiro atoms. The number of rotatable bonds is 8. The van der Waals surface area contributed by atoms with E-state index < -0.39 is 5.97 Å². The van der Waals surface area contributed by atoms with Gasteiger partial charge in [-0.25, -0.2) is 4.79 Å². The number of carbonyl (C=O) groups is 1. The van der Waals surface area contributed by atoms with E-state index in [1.165, 1.54) is 6.08 Å². The lowest BCUT2D eigenvalue weighted by Gasteiger charge is -2.09. The quantitative estimate of drug-likeness (QED) is 0.433. The molecule has 0 saturated heterocycles. The normalized spacial score (nSPS) is 10.8. The second-order valence-corrected chi connectivity index (χ2v) is 5.66. The van der Waals surface area contributed by atoms with Gasteiger partial charge in [-0.3, -0.25) is 0 Å². The molecule has 0 aliphatic rings. The molecule has 0 amide bonds. The fraction of sp³-hybridized carbons (Fsp3) is 0.190. The smallest absolute Gasteiger partial charge is 0.331 e. The van der Waals surface area contributed by atoms with Gasteiger partial charge in [-0.2, -0.15) is 4.98 Å². The molecule has 0 atom stereocenters. The van der Waals surface area contributed by atoms with Gasteiger partial charge in [0, 0.05) is 11.6 Å². The standard InChI is InChI=1S/C21H20N2O5/c1-3-26-17-11-9-15(13-18(17)25-2)10-12-20(24)27-14-19-22-21(23-28-19)16-7-5-4-6-8-16/h4-13H,3,14H2,1-2H3/b12-10+. The van der Waals surface area contributed by atoms with Gasteiger partial charge in [0.25, 0.3) is 5.89 Å². The summed E-state index contributed by atoms with van der Waals surface area (Å²) in [6.45, 7) is 2.34. The molecule has 0 saturated carbocycles. The van der Waals surface area contributed by atoms with Crippen LogP contribution in [0.15, 0.2) is 59.1 Å². The van der Waals surface area contributed by atoms with Crippen LogP contribution in [-0.2, 0) is 16.1 Å². The van der Waals surface area contributed by atoms with Crippen molar-refractivity contribution < 1.29 is 23.5 Å². The van der Waals surface area contributed by atoms with Crippen LogP contribution in [0.2, 0.25) is 0 Å². The molecule has 0 fully saturated rings. The SMILES string of the molecule is CCOc1ccc(/C=C/C(=O)OCc2nc(-c3ccccc3)no2)cc1OC. The largest absolute Gasteiger partial charge is 0.493 e. The summed E-state index contributed by atoms with van der Waals surface area (Å²) in [5, 5.41) is 3.88. The summed E-state index contributed by atoms with van der Waals surface area (Å²) >= 11 is 0. The Kier molecular flexibility index (Phi) is 6.41. The van der Waals surface area contributed by atoms with Crippen molar-refractivity contribution in [3.8, 4) is 22.9 Å². The first-order valence-electron chi connectivity index (χ1n) is 8.73. The predicted octanol–water partition coefficient (Wildman–Crippen LogP) is 3.90. The number of carbonyl (C=O) groups excluding carboxylic acids is 1. The summed E-state index contributed by atoms with van der Waals surface area (Å²) in [4.78, 5) is 16.1. The second-order valence-electron chi connectivity index (χ2n) is 5.66. The third-order valence-electron chi connectivity index (χ3n) is 3.74. The Bertz CT molecular complexity index is 950. The van der Waals surface area contributed by atoms with Gasteiger partial charge in [0.15, 0.2) is 18.1 Å². The predicted molar refractivity (Wildman–Crippen MR) is 103 cm³/mol. The molecular weight excluding hydrogens is 360 g/mol. The van der Waals surface area contributed by atoms with Crippen LogP contribution in [0.3, 0.4) is 0 Å². The van der Waals surface area contributed by atoms with Crippen molar-refractivity contribution in [3.05, 3.63) is 66.1 Å². The fourth-order valence-corrected chi connectivity index (χ4v) is 2.43. The van der Waals surface area contributed by atoms with Crippen molar-refractivity contribution in [1.82, 2.24) is 10.1 Å². The third-order valence-corrected chi connectivity index (χ3v) is 3.74. The molecule has 0 bridgehead atoms. The molecule has 3 aromatic rings. The van der Waals surface area contributed by atoms with E-state index >= 15 is 0 Å². The number of hydrogen-bond acceptors (Lipinski definition) is 7. The maximum absolute atomic E-state index is 11.9. The van der Waals surface area contributed by atoms with E-state index in [1.807, 2.05) is 43.3 Å². The maximum Gasteiger partial charge on any atom is 0.331 e. The Morgan fingerprint density at radius 2 is 1.96 bits per heavy atom. The number of hydrogen-bond donors (Lipinski definition) is 0. The number of nitrogens with zero attached hydrogens (tertiary/aromatic N) is 2. The molecule has 1 aromatic heterocycles. The van der Waals surface area contributed by atoms with Crippen molar-refractivity contribution >= 4 is 12.0 Å². The van der Waals surface area contributed by atoms with Crippen molar-refractivity contribution in [1.29, 1.82) is 0 Å². The molecule has 7 heteroatoms. The van der Waals surface area contributed by atoms with E-state index in [4.69, 9.17) is 18.7 Å². The summed E-state index contributed by atoms with van der Waals surface area (Å²) in [5.41, 5.74) is 1.61. The van der Waals surface area contributed by atoms with Crippen LogP contribution in [0.4, 0.5) is 0 Å². The molecule has 0 aliphatic carbocycles. The van der Waals surface area contributed by atoms with Crippen molar-refractivity contribution in [3.63, 3.8) is 0 Å². The third kappa shape index (κ3) is 4.97. The Morgan fingerprint density at radius 1 is 1.14 bits per heavy atom. The zero-order chi connectivity index (χ0) is 19.8. The Labute approximate surface area is 162 Å². The summed E-state index contributed by atoms with van der Waals surface area (Å²) in [6.07, 6.45) is 2.95. The van der Waals surface area contributed by atoms with Gasteiger partial charge in [0.1, 0.15) is 0 Å². The van der Waals surface area contributed by atoms with Crippen molar-refractivity contribution in [2.24, 2.45) is 0 Å². The molecule has 2 aromatic carbocycles. The molecule has 0 N–H and O–H groups in total. The number of aromatic nitrogens is 2. The number of ether oxygens (including phenoxy) is 3. The van der Waals surface area contributed by atoms with Gasteiger partial charge in [-0.15, -0.1) is 0 Å². The van der Waals surface area contributed by atoms with E-state index in [-0.39, 0.29) is 12.5 Å². The van der Waals surface area contributed by atoms with E-state index in [2.05, 4.69) is 10.1 Å². The zero-order valence-electron chi connectivity index (χ0n) is 15.6. The molecular formula is C21H20N2O5. The molecule has 3 rings (SSSR count). The molecule has 0 radical (unpaired) electrons. The lowest BCUT2D eigenvalue weighted by molar-refractivity contribution is -0.139. The Hall–Kier alpha value is -3.61. The van der Waals surface area contributed by atoms with Crippen LogP contribution in [0.5, 0.6) is 11.5 Å². The van der Waals surface area contributed by atoms with Gasteiger partial charge >= 0.3 is 5.97 Å². The first-order valence-corrected chi connectivity index (χ1v) is 8.73. The first kappa shape index (κ1) is 19.2. The van der Waals surface area contributed by atoms with Crippen molar-refractivity contribution in [2.45, 2.75) is 13.5 Å². The highest BCUT2D eigenvalue weighted by atomic mass is 16.6. The average molecular weight is 380 g/mol.